The average Bonchev–Trinajstić information content (AvgIpc) is 2.70. The molecule has 0 saturated carbocycles. The lowest BCUT2D eigenvalue weighted by Crippen LogP contribution is -2.11. The van der Waals surface area contributed by atoms with Gasteiger partial charge in [0, 0.05) is 29.5 Å². The van der Waals surface area contributed by atoms with Crippen LogP contribution in [0.3, 0.4) is 0 Å². The van der Waals surface area contributed by atoms with Gasteiger partial charge < -0.3 is 9.73 Å². The Morgan fingerprint density at radius 3 is 2.30 bits per heavy atom. The smallest absolute Gasteiger partial charge is 0.347 e. The summed E-state index contributed by atoms with van der Waals surface area (Å²) < 4.78 is 9.07. The first kappa shape index (κ1) is 21.5. The molecule has 0 spiro atoms. The predicted molar refractivity (Wildman–Crippen MR) is 137 cm³/mol. The van der Waals surface area contributed by atoms with Crippen LogP contribution in [0.2, 0.25) is 0 Å². The Morgan fingerprint density at radius 1 is 0.867 bits per heavy atom. The molecule has 8 heteroatoms. The summed E-state index contributed by atoms with van der Waals surface area (Å²) in [6.07, 6.45) is 1.53. The largest absolute Gasteiger partial charge is 0.422 e. The monoisotopic (exact) mass is 652 g/mol. The number of hydrogen-bond acceptors (Lipinski definition) is 4. The van der Waals surface area contributed by atoms with Crippen molar-refractivity contribution in [3.8, 4) is 0 Å². The number of fused-ring (bicyclic) bond motifs is 1. The number of aliphatic imine (C=N–C) groups is 1. The molecule has 0 unspecified atom stereocenters. The van der Waals surface area contributed by atoms with E-state index in [-0.39, 0.29) is 0 Å². The Hall–Kier alpha value is -1.74. The van der Waals surface area contributed by atoms with Crippen LogP contribution in [0.25, 0.3) is 11.0 Å². The van der Waals surface area contributed by atoms with E-state index < -0.39 is 5.63 Å². The summed E-state index contributed by atoms with van der Waals surface area (Å²) in [5.74, 6) is 0. The zero-order chi connectivity index (χ0) is 21.3. The molecular formula is C22H12Br4N2O2. The molecule has 4 rings (SSSR count). The standard InChI is InChI=1S/C22H12Br4N2O2/c23-12-5-7-18(16(25)9-12)27-11-15-21(28-19-8-6-13(24)10-17(19)26)14-3-1-2-4-20(14)30-22(15)29/h1-11,28H. The van der Waals surface area contributed by atoms with E-state index in [9.17, 15) is 4.79 Å². The zero-order valence-electron chi connectivity index (χ0n) is 15.1. The molecule has 1 aromatic heterocycles. The van der Waals surface area contributed by atoms with Crippen molar-refractivity contribution >= 4 is 98.0 Å². The second-order valence-electron chi connectivity index (χ2n) is 6.28. The first-order chi connectivity index (χ1) is 14.4. The summed E-state index contributed by atoms with van der Waals surface area (Å²) in [7, 11) is 0. The molecular weight excluding hydrogens is 644 g/mol. The van der Waals surface area contributed by atoms with E-state index in [4.69, 9.17) is 4.42 Å². The van der Waals surface area contributed by atoms with Crippen molar-refractivity contribution < 1.29 is 4.42 Å². The first-order valence-corrected chi connectivity index (χ1v) is 11.9. The van der Waals surface area contributed by atoms with Crippen molar-refractivity contribution in [1.82, 2.24) is 0 Å². The van der Waals surface area contributed by atoms with Crippen LogP contribution in [0.5, 0.6) is 0 Å². The van der Waals surface area contributed by atoms with Gasteiger partial charge in [0.15, 0.2) is 0 Å². The number of benzene rings is 3. The summed E-state index contributed by atoms with van der Waals surface area (Å²) in [5.41, 5.74) is 2.50. The quantitative estimate of drug-likeness (QED) is 0.178. The molecule has 3 aromatic carbocycles. The normalized spacial score (nSPS) is 11.3. The zero-order valence-corrected chi connectivity index (χ0v) is 21.5. The van der Waals surface area contributed by atoms with Crippen molar-refractivity contribution in [1.29, 1.82) is 0 Å². The van der Waals surface area contributed by atoms with Gasteiger partial charge in [-0.15, -0.1) is 0 Å². The Morgan fingerprint density at radius 2 is 1.57 bits per heavy atom. The maximum Gasteiger partial charge on any atom is 0.347 e. The van der Waals surface area contributed by atoms with Gasteiger partial charge in [0.05, 0.1) is 17.1 Å². The van der Waals surface area contributed by atoms with Crippen molar-refractivity contribution in [3.63, 3.8) is 0 Å². The summed E-state index contributed by atoms with van der Waals surface area (Å²) in [4.78, 5) is 17.3. The van der Waals surface area contributed by atoms with E-state index in [2.05, 4.69) is 74.0 Å². The number of anilines is 2. The Kier molecular flexibility index (Phi) is 6.57. The van der Waals surface area contributed by atoms with Crippen LogP contribution in [0, 0.1) is 0 Å². The van der Waals surface area contributed by atoms with Crippen LogP contribution in [0.1, 0.15) is 5.56 Å². The van der Waals surface area contributed by atoms with Gasteiger partial charge >= 0.3 is 5.63 Å². The van der Waals surface area contributed by atoms with Gasteiger partial charge in [-0.1, -0.05) is 44.0 Å². The van der Waals surface area contributed by atoms with E-state index in [1.807, 2.05) is 54.6 Å². The fourth-order valence-electron chi connectivity index (χ4n) is 2.86. The topological polar surface area (TPSA) is 54.6 Å². The lowest BCUT2D eigenvalue weighted by Gasteiger charge is -2.13. The Balaban J connectivity index is 1.88. The molecule has 0 aliphatic carbocycles. The number of hydrogen-bond donors (Lipinski definition) is 1. The minimum Gasteiger partial charge on any atom is -0.422 e. The Bertz CT molecular complexity index is 1350. The molecule has 30 heavy (non-hydrogen) atoms. The molecule has 4 nitrogen and oxygen atoms in total. The number of nitrogens with one attached hydrogen (secondary N) is 1. The molecule has 0 radical (unpaired) electrons. The lowest BCUT2D eigenvalue weighted by molar-refractivity contribution is 0.560. The van der Waals surface area contributed by atoms with Crippen LogP contribution in [-0.4, -0.2) is 6.21 Å². The summed E-state index contributed by atoms with van der Waals surface area (Å²) in [5, 5.41) is 4.15. The van der Waals surface area contributed by atoms with Gasteiger partial charge in [-0.05, 0) is 80.4 Å². The Labute approximate surface area is 205 Å². The van der Waals surface area contributed by atoms with Crippen molar-refractivity contribution in [2.24, 2.45) is 4.99 Å². The van der Waals surface area contributed by atoms with Gasteiger partial charge in [-0.3, -0.25) is 4.99 Å². The predicted octanol–water partition coefficient (Wildman–Crippen LogP) is 8.34. The highest BCUT2D eigenvalue weighted by atomic mass is 79.9. The van der Waals surface area contributed by atoms with Crippen molar-refractivity contribution in [3.05, 3.63) is 94.5 Å². The number of halogens is 4. The fourth-order valence-corrected chi connectivity index (χ4v) is 5.16. The third-order valence-electron chi connectivity index (χ3n) is 4.28. The van der Waals surface area contributed by atoms with Gasteiger partial charge in [-0.2, -0.15) is 0 Å². The third kappa shape index (κ3) is 4.61. The minimum atomic E-state index is -0.471. The highest BCUT2D eigenvalue weighted by Gasteiger charge is 2.15. The molecule has 1 N–H and O–H groups in total. The fraction of sp³-hybridized carbons (Fsp3) is 0. The highest BCUT2D eigenvalue weighted by molar-refractivity contribution is 9.11. The van der Waals surface area contributed by atoms with Crippen LogP contribution in [0.15, 0.2) is 92.8 Å². The first-order valence-electron chi connectivity index (χ1n) is 8.69. The summed E-state index contributed by atoms with van der Waals surface area (Å²) in [6, 6.07) is 18.8. The van der Waals surface area contributed by atoms with Crippen LogP contribution < -0.4 is 10.9 Å². The van der Waals surface area contributed by atoms with Crippen LogP contribution in [0.4, 0.5) is 17.1 Å². The van der Waals surface area contributed by atoms with E-state index >= 15 is 0 Å². The lowest BCUT2D eigenvalue weighted by atomic mass is 10.1. The van der Waals surface area contributed by atoms with Crippen molar-refractivity contribution in [2.75, 3.05) is 5.32 Å². The van der Waals surface area contributed by atoms with Gasteiger partial charge in [0.2, 0.25) is 0 Å². The summed E-state index contributed by atoms with van der Waals surface area (Å²) >= 11 is 13.9. The van der Waals surface area contributed by atoms with Crippen LogP contribution >= 0.6 is 63.7 Å². The molecule has 0 saturated heterocycles. The van der Waals surface area contributed by atoms with Gasteiger partial charge in [-0.25, -0.2) is 4.79 Å². The molecule has 0 fully saturated rings. The van der Waals surface area contributed by atoms with E-state index in [0.717, 1.165) is 29.0 Å². The van der Waals surface area contributed by atoms with Crippen molar-refractivity contribution in [2.45, 2.75) is 0 Å². The minimum absolute atomic E-state index is 0.332. The number of para-hydroxylation sites is 1. The molecule has 0 bridgehead atoms. The number of rotatable bonds is 4. The highest BCUT2D eigenvalue weighted by Crippen LogP contribution is 2.33. The maximum absolute atomic E-state index is 12.8. The summed E-state index contributed by atoms with van der Waals surface area (Å²) in [6.45, 7) is 0. The van der Waals surface area contributed by atoms with E-state index in [0.29, 0.717) is 22.5 Å². The van der Waals surface area contributed by atoms with Gasteiger partial charge in [0.25, 0.3) is 0 Å². The molecule has 0 aliphatic rings. The third-order valence-corrected chi connectivity index (χ3v) is 6.56. The second kappa shape index (κ2) is 9.18. The molecule has 0 amide bonds. The molecule has 0 aliphatic heterocycles. The molecule has 4 aromatic rings. The second-order valence-corrected chi connectivity index (χ2v) is 9.82. The SMILES string of the molecule is O=c1oc2ccccc2c(Nc2ccc(Br)cc2Br)c1C=Nc1ccc(Br)cc1Br. The van der Waals surface area contributed by atoms with E-state index in [1.165, 1.54) is 6.21 Å². The van der Waals surface area contributed by atoms with Crippen LogP contribution in [-0.2, 0) is 0 Å². The number of nitrogens with zero attached hydrogens (tertiary/aromatic N) is 1. The van der Waals surface area contributed by atoms with E-state index in [1.54, 1.807) is 6.07 Å². The maximum atomic E-state index is 12.8. The van der Waals surface area contributed by atoms with Gasteiger partial charge in [0.1, 0.15) is 11.1 Å². The average molecular weight is 656 g/mol. The molecule has 0 atom stereocenters. The molecule has 1 heterocycles. The molecule has 150 valence electrons.